The van der Waals surface area contributed by atoms with Crippen molar-refractivity contribution in [1.29, 1.82) is 0 Å². The normalized spacial score (nSPS) is 12.0. The van der Waals surface area contributed by atoms with E-state index in [9.17, 15) is 5.11 Å². The first-order valence-corrected chi connectivity index (χ1v) is 22.7. The number of aromatic nitrogens is 3. The van der Waals surface area contributed by atoms with Gasteiger partial charge in [-0.2, -0.15) is 0 Å². The van der Waals surface area contributed by atoms with Gasteiger partial charge in [0.25, 0.3) is 0 Å². The number of rotatable bonds is 9. The number of phenolic OH excluding ortho intramolecular Hbond substituents is 1. The highest BCUT2D eigenvalue weighted by Crippen LogP contribution is 2.44. The molecule has 9 aromatic carbocycles. The topological polar surface area (TPSA) is 64.1 Å². The molecule has 3 heterocycles. The van der Waals surface area contributed by atoms with Crippen molar-refractivity contribution < 1.29 is 9.52 Å². The molecule has 12 rings (SSSR count). The number of aromatic hydroxyl groups is 1. The zero-order valence-corrected chi connectivity index (χ0v) is 36.7. The number of pyridine rings is 1. The molecule has 0 radical (unpaired) electrons. The molecule has 1 atom stereocenters. The first-order valence-electron chi connectivity index (χ1n) is 22.7. The Morgan fingerprint density at radius 2 is 1.12 bits per heavy atom. The lowest BCUT2D eigenvalue weighted by atomic mass is 9.91. The van der Waals surface area contributed by atoms with E-state index in [0.29, 0.717) is 17.3 Å². The van der Waals surface area contributed by atoms with Crippen molar-refractivity contribution in [3.63, 3.8) is 0 Å². The van der Waals surface area contributed by atoms with Crippen molar-refractivity contribution in [1.82, 2.24) is 14.5 Å². The molecule has 3 aromatic heterocycles. The lowest BCUT2D eigenvalue weighted by Crippen LogP contribution is -1.99. The maximum Gasteiger partial charge on any atom is 0.149 e. The lowest BCUT2D eigenvalue weighted by molar-refractivity contribution is 0.477. The molecular formula is C62H43N3O2. The zero-order chi connectivity index (χ0) is 44.8. The molecule has 67 heavy (non-hydrogen) atoms. The number of furan rings is 1. The van der Waals surface area contributed by atoms with E-state index in [2.05, 4.69) is 187 Å². The lowest BCUT2D eigenvalue weighted by Gasteiger charge is -2.14. The SMILES string of the molecule is CC(c1ccccc1)c1ccc(-c2ccnc(-c3cc(-c4ccccc4)cc(-c4cccc5c4nc(-c4ccccc4O)n5-c4ccc(-c5ccccc5)c5oc6ccccc6c45)c3)c2)cc1. The van der Waals surface area contributed by atoms with Gasteiger partial charge in [0, 0.05) is 34.2 Å². The van der Waals surface area contributed by atoms with Crippen LogP contribution in [0.1, 0.15) is 24.0 Å². The highest BCUT2D eigenvalue weighted by atomic mass is 16.3. The molecule has 0 fully saturated rings. The second kappa shape index (κ2) is 16.6. The van der Waals surface area contributed by atoms with Gasteiger partial charge in [-0.1, -0.05) is 165 Å². The number of para-hydroxylation sites is 3. The second-order valence-corrected chi connectivity index (χ2v) is 17.1. The maximum atomic E-state index is 11.5. The summed E-state index contributed by atoms with van der Waals surface area (Å²) in [7, 11) is 0. The van der Waals surface area contributed by atoms with Gasteiger partial charge in [-0.15, -0.1) is 0 Å². The van der Waals surface area contributed by atoms with Gasteiger partial charge in [-0.05, 0) is 111 Å². The van der Waals surface area contributed by atoms with E-state index >= 15 is 0 Å². The number of imidazole rings is 1. The van der Waals surface area contributed by atoms with Crippen molar-refractivity contribution >= 4 is 33.0 Å². The van der Waals surface area contributed by atoms with Gasteiger partial charge in [0.1, 0.15) is 22.7 Å². The molecule has 0 amide bonds. The second-order valence-electron chi connectivity index (χ2n) is 17.1. The van der Waals surface area contributed by atoms with Crippen LogP contribution in [-0.4, -0.2) is 19.6 Å². The molecule has 0 aliphatic heterocycles. The Morgan fingerprint density at radius 3 is 1.91 bits per heavy atom. The van der Waals surface area contributed by atoms with Crippen LogP contribution < -0.4 is 0 Å². The molecule has 0 spiro atoms. The summed E-state index contributed by atoms with van der Waals surface area (Å²) in [5, 5.41) is 13.5. The molecule has 0 bridgehead atoms. The van der Waals surface area contributed by atoms with Gasteiger partial charge in [0.05, 0.1) is 33.4 Å². The van der Waals surface area contributed by atoms with Crippen LogP contribution in [-0.2, 0) is 0 Å². The summed E-state index contributed by atoms with van der Waals surface area (Å²) in [5.41, 5.74) is 17.7. The predicted octanol–water partition coefficient (Wildman–Crippen LogP) is 16.2. The Morgan fingerprint density at radius 1 is 0.478 bits per heavy atom. The maximum absolute atomic E-state index is 11.5. The Kier molecular flexibility index (Phi) is 9.88. The minimum absolute atomic E-state index is 0.148. The van der Waals surface area contributed by atoms with Gasteiger partial charge in [0.2, 0.25) is 0 Å². The minimum atomic E-state index is 0.148. The smallest absolute Gasteiger partial charge is 0.149 e. The molecule has 12 aromatic rings. The highest BCUT2D eigenvalue weighted by Gasteiger charge is 2.24. The molecule has 5 heteroatoms. The zero-order valence-electron chi connectivity index (χ0n) is 36.7. The van der Waals surface area contributed by atoms with Crippen LogP contribution in [0.25, 0.3) is 106 Å². The van der Waals surface area contributed by atoms with Crippen LogP contribution >= 0.6 is 0 Å². The van der Waals surface area contributed by atoms with Crippen molar-refractivity contribution in [3.8, 4) is 78.6 Å². The number of hydrogen-bond acceptors (Lipinski definition) is 4. The van der Waals surface area contributed by atoms with Gasteiger partial charge in [-0.25, -0.2) is 4.98 Å². The molecule has 0 saturated carbocycles. The third-order valence-corrected chi connectivity index (χ3v) is 13.1. The molecule has 0 saturated heterocycles. The standard InChI is InChI=1S/C62H43N3O2/c1-40(41-16-5-2-6-17-41)42-28-30-44(31-29-42)46-34-35-63-54(39-46)49-37-47(43-18-7-3-8-19-43)36-48(38-49)50-24-15-25-56-60(50)64-62(52-22-11-13-26-57(52)66)65(56)55-33-32-51(45-20-9-4-10-21-45)61-59(55)53-23-12-14-27-58(53)67-61/h2-40,66H,1H3. The summed E-state index contributed by atoms with van der Waals surface area (Å²) in [5.74, 6) is 1.06. The van der Waals surface area contributed by atoms with Crippen molar-refractivity contribution in [2.24, 2.45) is 0 Å². The van der Waals surface area contributed by atoms with Crippen LogP contribution in [0.5, 0.6) is 5.75 Å². The van der Waals surface area contributed by atoms with E-state index in [-0.39, 0.29) is 5.75 Å². The van der Waals surface area contributed by atoms with Crippen molar-refractivity contribution in [2.75, 3.05) is 0 Å². The summed E-state index contributed by atoms with van der Waals surface area (Å²) in [6.45, 7) is 2.26. The van der Waals surface area contributed by atoms with Crippen LogP contribution in [0.2, 0.25) is 0 Å². The first kappa shape index (κ1) is 39.8. The van der Waals surface area contributed by atoms with Crippen LogP contribution in [0.4, 0.5) is 0 Å². The summed E-state index contributed by atoms with van der Waals surface area (Å²) < 4.78 is 8.93. The summed E-state index contributed by atoms with van der Waals surface area (Å²) in [6, 6.07) is 77.7. The van der Waals surface area contributed by atoms with E-state index in [1.165, 1.54) is 11.1 Å². The molecular weight excluding hydrogens is 819 g/mol. The molecule has 0 aliphatic carbocycles. The van der Waals surface area contributed by atoms with Crippen LogP contribution in [0, 0.1) is 0 Å². The number of phenols is 1. The molecule has 1 unspecified atom stereocenters. The van der Waals surface area contributed by atoms with E-state index in [1.807, 2.05) is 48.7 Å². The number of fused-ring (bicyclic) bond motifs is 4. The van der Waals surface area contributed by atoms with Crippen LogP contribution in [0.3, 0.4) is 0 Å². The Labute approximate surface area is 388 Å². The first-order chi connectivity index (χ1) is 33.1. The third-order valence-electron chi connectivity index (χ3n) is 13.1. The fraction of sp³-hybridized carbons (Fsp3) is 0.0323. The van der Waals surface area contributed by atoms with Gasteiger partial charge in [0.15, 0.2) is 0 Å². The number of benzene rings is 9. The van der Waals surface area contributed by atoms with E-state index in [4.69, 9.17) is 14.4 Å². The van der Waals surface area contributed by atoms with Gasteiger partial charge >= 0.3 is 0 Å². The van der Waals surface area contributed by atoms with Gasteiger partial charge < -0.3 is 9.52 Å². The molecule has 318 valence electrons. The largest absolute Gasteiger partial charge is 0.507 e. The number of nitrogens with zero attached hydrogens (tertiary/aromatic N) is 3. The monoisotopic (exact) mass is 861 g/mol. The molecule has 1 N–H and O–H groups in total. The van der Waals surface area contributed by atoms with E-state index < -0.39 is 0 Å². The summed E-state index contributed by atoms with van der Waals surface area (Å²) >= 11 is 0. The molecule has 0 aliphatic rings. The van der Waals surface area contributed by atoms with Crippen molar-refractivity contribution in [2.45, 2.75) is 12.8 Å². The quantitative estimate of drug-likeness (QED) is 0.157. The third kappa shape index (κ3) is 7.14. The average Bonchev–Trinajstić information content (AvgIpc) is 3.99. The Balaban J connectivity index is 1.04. The molecule has 5 nitrogen and oxygen atoms in total. The predicted molar refractivity (Wildman–Crippen MR) is 274 cm³/mol. The van der Waals surface area contributed by atoms with Crippen LogP contribution in [0.15, 0.2) is 235 Å². The fourth-order valence-electron chi connectivity index (χ4n) is 9.66. The van der Waals surface area contributed by atoms with Gasteiger partial charge in [-0.3, -0.25) is 9.55 Å². The summed E-state index contributed by atoms with van der Waals surface area (Å²) in [4.78, 5) is 10.5. The number of hydrogen-bond donors (Lipinski definition) is 1. The Hall–Kier alpha value is -8.80. The minimum Gasteiger partial charge on any atom is -0.507 e. The highest BCUT2D eigenvalue weighted by molar-refractivity contribution is 6.14. The van der Waals surface area contributed by atoms with Crippen molar-refractivity contribution in [3.05, 3.63) is 242 Å². The average molecular weight is 862 g/mol. The van der Waals surface area contributed by atoms with E-state index in [1.54, 1.807) is 6.07 Å². The summed E-state index contributed by atoms with van der Waals surface area (Å²) in [6.07, 6.45) is 1.91. The fourth-order valence-corrected chi connectivity index (χ4v) is 9.66. The Bertz CT molecular complexity index is 3760. The van der Waals surface area contributed by atoms with E-state index in [0.717, 1.165) is 94.4 Å².